The van der Waals surface area contributed by atoms with E-state index in [0.29, 0.717) is 22.3 Å². The Bertz CT molecular complexity index is 918. The van der Waals surface area contributed by atoms with E-state index in [4.69, 9.17) is 9.68 Å². The topological polar surface area (TPSA) is 83.5 Å². The molecular weight excluding hydrogens is 282 g/mol. The Morgan fingerprint density at radius 3 is 2.77 bits per heavy atom. The molecule has 0 bridgehead atoms. The third-order valence-corrected chi connectivity index (χ3v) is 3.39. The number of esters is 1. The van der Waals surface area contributed by atoms with E-state index in [9.17, 15) is 9.90 Å². The highest BCUT2D eigenvalue weighted by Gasteiger charge is 2.15. The number of benzene rings is 2. The molecule has 1 N–H and O–H groups in total. The summed E-state index contributed by atoms with van der Waals surface area (Å²) in [7, 11) is 1.25. The minimum absolute atomic E-state index is 0.0818. The van der Waals surface area contributed by atoms with Crippen molar-refractivity contribution < 1.29 is 19.1 Å². The molecule has 0 saturated heterocycles. The molecule has 0 aliphatic heterocycles. The summed E-state index contributed by atoms with van der Waals surface area (Å²) in [5.74, 6) is -0.801. The van der Waals surface area contributed by atoms with E-state index < -0.39 is 5.97 Å². The quantitative estimate of drug-likeness (QED) is 0.731. The second-order valence-electron chi connectivity index (χ2n) is 4.70. The van der Waals surface area contributed by atoms with Crippen LogP contribution < -0.4 is 0 Å². The van der Waals surface area contributed by atoms with Gasteiger partial charge in [-0.3, -0.25) is 0 Å². The summed E-state index contributed by atoms with van der Waals surface area (Å²) in [6, 6.07) is 11.9. The molecule has 0 atom stereocenters. The maximum atomic E-state index is 11.5. The van der Waals surface area contributed by atoms with Crippen LogP contribution in [0.5, 0.6) is 5.75 Å². The molecule has 1 heterocycles. The Balaban J connectivity index is 2.20. The van der Waals surface area contributed by atoms with E-state index in [1.54, 1.807) is 24.3 Å². The molecular formula is C17H11NO4. The molecule has 3 rings (SSSR count). The molecule has 3 aromatic rings. The molecule has 0 radical (unpaired) electrons. The summed E-state index contributed by atoms with van der Waals surface area (Å²) in [5, 5.41) is 19.9. The zero-order chi connectivity index (χ0) is 15.7. The van der Waals surface area contributed by atoms with Crippen molar-refractivity contribution in [1.29, 1.82) is 5.26 Å². The minimum Gasteiger partial charge on any atom is -0.507 e. The standard InChI is InChI=1S/C17H11NO4/c1-21-17(20)13-3-2-11(8-15(13)19)14-7-10(9-18)6-12-4-5-22-16(12)14/h2-8,19H,1H3. The summed E-state index contributed by atoms with van der Waals surface area (Å²) in [4.78, 5) is 11.5. The van der Waals surface area contributed by atoms with Crippen LogP contribution in [0.3, 0.4) is 0 Å². The van der Waals surface area contributed by atoms with Crippen LogP contribution in [-0.2, 0) is 4.74 Å². The number of methoxy groups -OCH3 is 1. The van der Waals surface area contributed by atoms with Crippen LogP contribution in [0.15, 0.2) is 47.1 Å². The van der Waals surface area contributed by atoms with Crippen molar-refractivity contribution >= 4 is 16.9 Å². The van der Waals surface area contributed by atoms with Crippen LogP contribution in [-0.4, -0.2) is 18.2 Å². The Kier molecular flexibility index (Phi) is 3.28. The average molecular weight is 293 g/mol. The van der Waals surface area contributed by atoms with Gasteiger partial charge in [-0.15, -0.1) is 0 Å². The number of nitrogens with zero attached hydrogens (tertiary/aromatic N) is 1. The zero-order valence-electron chi connectivity index (χ0n) is 11.7. The maximum Gasteiger partial charge on any atom is 0.341 e. The number of furan rings is 1. The number of ether oxygens (including phenoxy) is 1. The molecule has 0 aliphatic carbocycles. The lowest BCUT2D eigenvalue weighted by molar-refractivity contribution is 0.0597. The normalized spacial score (nSPS) is 10.4. The SMILES string of the molecule is COC(=O)c1ccc(-c2cc(C#N)cc3ccoc23)cc1O. The molecule has 0 saturated carbocycles. The van der Waals surface area contributed by atoms with Crippen LogP contribution in [0.25, 0.3) is 22.1 Å². The van der Waals surface area contributed by atoms with Crippen molar-refractivity contribution in [2.45, 2.75) is 0 Å². The van der Waals surface area contributed by atoms with Gasteiger partial charge in [0.2, 0.25) is 0 Å². The first-order chi connectivity index (χ1) is 10.6. The first-order valence-electron chi connectivity index (χ1n) is 6.47. The van der Waals surface area contributed by atoms with E-state index in [2.05, 4.69) is 10.8 Å². The number of fused-ring (bicyclic) bond motifs is 1. The van der Waals surface area contributed by atoms with Crippen molar-refractivity contribution in [3.8, 4) is 22.9 Å². The molecule has 2 aromatic carbocycles. The number of phenolic OH excluding ortho intramolecular Hbond substituents is 1. The molecule has 22 heavy (non-hydrogen) atoms. The van der Waals surface area contributed by atoms with Crippen LogP contribution in [0.4, 0.5) is 0 Å². The largest absolute Gasteiger partial charge is 0.507 e. The smallest absolute Gasteiger partial charge is 0.341 e. The van der Waals surface area contributed by atoms with Gasteiger partial charge in [0, 0.05) is 10.9 Å². The van der Waals surface area contributed by atoms with Crippen molar-refractivity contribution in [1.82, 2.24) is 0 Å². The summed E-state index contributed by atoms with van der Waals surface area (Å²) in [6.07, 6.45) is 1.54. The van der Waals surface area contributed by atoms with Gasteiger partial charge in [0.1, 0.15) is 16.9 Å². The van der Waals surface area contributed by atoms with Crippen molar-refractivity contribution in [3.05, 3.63) is 53.8 Å². The number of phenols is 1. The van der Waals surface area contributed by atoms with Crippen molar-refractivity contribution in [2.75, 3.05) is 7.11 Å². The zero-order valence-corrected chi connectivity index (χ0v) is 11.7. The molecule has 0 spiro atoms. The predicted molar refractivity (Wildman–Crippen MR) is 79.4 cm³/mol. The molecule has 5 nitrogen and oxygen atoms in total. The number of carbonyl (C=O) groups excluding carboxylic acids is 1. The lowest BCUT2D eigenvalue weighted by atomic mass is 9.99. The number of hydrogen-bond donors (Lipinski definition) is 1. The Morgan fingerprint density at radius 2 is 2.09 bits per heavy atom. The fourth-order valence-electron chi connectivity index (χ4n) is 2.34. The fraction of sp³-hybridized carbons (Fsp3) is 0.0588. The highest BCUT2D eigenvalue weighted by atomic mass is 16.5. The van der Waals surface area contributed by atoms with E-state index in [1.165, 1.54) is 25.5 Å². The van der Waals surface area contributed by atoms with Gasteiger partial charge in [-0.1, -0.05) is 6.07 Å². The Hall–Kier alpha value is -3.26. The van der Waals surface area contributed by atoms with Crippen LogP contribution >= 0.6 is 0 Å². The third-order valence-electron chi connectivity index (χ3n) is 3.39. The van der Waals surface area contributed by atoms with Gasteiger partial charge in [-0.2, -0.15) is 5.26 Å². The summed E-state index contributed by atoms with van der Waals surface area (Å²) in [5.41, 5.74) is 2.50. The maximum absolute atomic E-state index is 11.5. The molecule has 108 valence electrons. The Morgan fingerprint density at radius 1 is 1.27 bits per heavy atom. The van der Waals surface area contributed by atoms with Crippen LogP contribution in [0.2, 0.25) is 0 Å². The number of hydrogen-bond acceptors (Lipinski definition) is 5. The monoisotopic (exact) mass is 293 g/mol. The van der Waals surface area contributed by atoms with E-state index in [-0.39, 0.29) is 11.3 Å². The lowest BCUT2D eigenvalue weighted by Crippen LogP contribution is -2.01. The van der Waals surface area contributed by atoms with Gasteiger partial charge in [0.05, 0.1) is 25.0 Å². The Labute approximate surface area is 126 Å². The summed E-state index contributed by atoms with van der Waals surface area (Å²) in [6.45, 7) is 0. The van der Waals surface area contributed by atoms with Gasteiger partial charge < -0.3 is 14.3 Å². The number of aromatic hydroxyl groups is 1. The molecule has 5 heteroatoms. The fourth-order valence-corrected chi connectivity index (χ4v) is 2.34. The number of rotatable bonds is 2. The summed E-state index contributed by atoms with van der Waals surface area (Å²) >= 11 is 0. The third kappa shape index (κ3) is 2.17. The second kappa shape index (κ2) is 5.26. The van der Waals surface area contributed by atoms with E-state index in [0.717, 1.165) is 5.39 Å². The first-order valence-corrected chi connectivity index (χ1v) is 6.47. The van der Waals surface area contributed by atoms with Gasteiger partial charge in [-0.25, -0.2) is 4.79 Å². The van der Waals surface area contributed by atoms with Gasteiger partial charge in [-0.05, 0) is 35.9 Å². The molecule has 0 amide bonds. The van der Waals surface area contributed by atoms with Gasteiger partial charge in [0.25, 0.3) is 0 Å². The number of nitriles is 1. The van der Waals surface area contributed by atoms with E-state index >= 15 is 0 Å². The van der Waals surface area contributed by atoms with Crippen molar-refractivity contribution in [2.24, 2.45) is 0 Å². The molecule has 0 unspecified atom stereocenters. The van der Waals surface area contributed by atoms with Gasteiger partial charge >= 0.3 is 5.97 Å². The summed E-state index contributed by atoms with van der Waals surface area (Å²) < 4.78 is 10.1. The van der Waals surface area contributed by atoms with E-state index in [1.807, 2.05) is 0 Å². The minimum atomic E-state index is -0.613. The van der Waals surface area contributed by atoms with Crippen LogP contribution in [0.1, 0.15) is 15.9 Å². The lowest BCUT2D eigenvalue weighted by Gasteiger charge is -2.07. The highest BCUT2D eigenvalue weighted by molar-refractivity contribution is 5.96. The first kappa shape index (κ1) is 13.7. The van der Waals surface area contributed by atoms with Gasteiger partial charge in [0.15, 0.2) is 0 Å². The predicted octanol–water partition coefficient (Wildman–Crippen LogP) is 3.46. The molecule has 1 aromatic heterocycles. The number of carbonyl (C=O) groups is 1. The molecule has 0 aliphatic rings. The highest BCUT2D eigenvalue weighted by Crippen LogP contribution is 2.33. The van der Waals surface area contributed by atoms with Crippen molar-refractivity contribution in [3.63, 3.8) is 0 Å². The average Bonchev–Trinajstić information content (AvgIpc) is 3.01. The molecule has 0 fully saturated rings. The second-order valence-corrected chi connectivity index (χ2v) is 4.70. The van der Waals surface area contributed by atoms with Crippen LogP contribution in [0, 0.1) is 11.3 Å².